The van der Waals surface area contributed by atoms with Gasteiger partial charge in [0.15, 0.2) is 10.4 Å². The van der Waals surface area contributed by atoms with E-state index in [0.717, 1.165) is 0 Å². The van der Waals surface area contributed by atoms with E-state index in [4.69, 9.17) is 5.73 Å². The van der Waals surface area contributed by atoms with Crippen LogP contribution in [-0.2, 0) is 7.05 Å². The number of aromatic nitrogens is 3. The lowest BCUT2D eigenvalue weighted by Gasteiger charge is -2.16. The molecule has 0 amide bonds. The van der Waals surface area contributed by atoms with Crippen molar-refractivity contribution < 1.29 is 4.79 Å². The molecule has 0 aliphatic rings. The molecule has 2 N–H and O–H groups in total. The van der Waals surface area contributed by atoms with Crippen LogP contribution in [-0.4, -0.2) is 27.3 Å². The molecule has 6 heteroatoms. The Kier molecular flexibility index (Phi) is 3.98. The fourth-order valence-corrected chi connectivity index (χ4v) is 1.97. The van der Waals surface area contributed by atoms with Crippen molar-refractivity contribution in [1.82, 2.24) is 15.0 Å². The maximum atomic E-state index is 12.1. The molecule has 1 aromatic heterocycles. The van der Waals surface area contributed by atoms with Crippen molar-refractivity contribution in [1.29, 1.82) is 0 Å². The smallest absolute Gasteiger partial charge is 0.188 e. The monoisotopic (exact) mass is 274 g/mol. The molecule has 0 radical (unpaired) electrons. The molecule has 0 aliphatic carbocycles. The normalized spacial score (nSPS) is 13.2. The van der Waals surface area contributed by atoms with Crippen molar-refractivity contribution >= 4 is 21.7 Å². The number of halogens is 1. The molecule has 15 heavy (non-hydrogen) atoms. The van der Waals surface area contributed by atoms with Crippen molar-refractivity contribution in [2.75, 3.05) is 6.54 Å². The highest BCUT2D eigenvalue weighted by Gasteiger charge is 2.27. The summed E-state index contributed by atoms with van der Waals surface area (Å²) in [5.41, 5.74) is 6.08. The van der Waals surface area contributed by atoms with Crippen molar-refractivity contribution in [2.24, 2.45) is 24.6 Å². The summed E-state index contributed by atoms with van der Waals surface area (Å²) < 4.78 is 1.95. The van der Waals surface area contributed by atoms with Gasteiger partial charge in [0.1, 0.15) is 5.69 Å². The van der Waals surface area contributed by atoms with Gasteiger partial charge in [-0.05, 0) is 21.8 Å². The van der Waals surface area contributed by atoms with Gasteiger partial charge in [-0.2, -0.15) is 0 Å². The van der Waals surface area contributed by atoms with E-state index >= 15 is 0 Å². The molecule has 84 valence electrons. The average Bonchev–Trinajstić information content (AvgIpc) is 2.46. The number of carbonyl (C=O) groups excluding carboxylic acids is 1. The van der Waals surface area contributed by atoms with Gasteiger partial charge in [0.2, 0.25) is 0 Å². The lowest BCUT2D eigenvalue weighted by atomic mass is 9.90. The van der Waals surface area contributed by atoms with Crippen LogP contribution < -0.4 is 5.73 Å². The first kappa shape index (κ1) is 12.3. The lowest BCUT2D eigenvalue weighted by Crippen LogP contribution is -2.30. The second kappa shape index (κ2) is 4.85. The Balaban J connectivity index is 3.03. The lowest BCUT2D eigenvalue weighted by molar-refractivity contribution is 0.0881. The van der Waals surface area contributed by atoms with E-state index in [0.29, 0.717) is 16.8 Å². The summed E-state index contributed by atoms with van der Waals surface area (Å²) in [4.78, 5) is 12.1. The molecular formula is C9H15BrN4O. The maximum Gasteiger partial charge on any atom is 0.188 e. The second-order valence-corrected chi connectivity index (χ2v) is 4.55. The van der Waals surface area contributed by atoms with E-state index < -0.39 is 0 Å². The van der Waals surface area contributed by atoms with Gasteiger partial charge < -0.3 is 5.73 Å². The molecule has 1 atom stereocenters. The fourth-order valence-electron chi connectivity index (χ4n) is 1.45. The van der Waals surface area contributed by atoms with E-state index in [1.807, 2.05) is 13.8 Å². The molecule has 0 saturated carbocycles. The Morgan fingerprint density at radius 3 is 2.53 bits per heavy atom. The standard InChI is InChI=1S/C9H15BrN4O/c1-5(2)6(4-11)8(15)7-9(10)12-13-14(7)3/h5-6H,4,11H2,1-3H3. The third kappa shape index (κ3) is 2.43. The molecule has 1 heterocycles. The average molecular weight is 275 g/mol. The minimum absolute atomic E-state index is 0.00752. The quantitative estimate of drug-likeness (QED) is 0.832. The van der Waals surface area contributed by atoms with Gasteiger partial charge in [-0.25, -0.2) is 4.68 Å². The highest BCUT2D eigenvalue weighted by Crippen LogP contribution is 2.20. The number of ketones is 1. The van der Waals surface area contributed by atoms with Gasteiger partial charge >= 0.3 is 0 Å². The summed E-state index contributed by atoms with van der Waals surface area (Å²) >= 11 is 3.21. The van der Waals surface area contributed by atoms with Gasteiger partial charge in [0, 0.05) is 19.5 Å². The van der Waals surface area contributed by atoms with Gasteiger partial charge in [-0.15, -0.1) is 5.10 Å². The highest BCUT2D eigenvalue weighted by molar-refractivity contribution is 9.10. The molecule has 0 fully saturated rings. The van der Waals surface area contributed by atoms with Crippen LogP contribution in [0.25, 0.3) is 0 Å². The number of nitrogens with two attached hydrogens (primary N) is 1. The first-order valence-corrected chi connectivity index (χ1v) is 5.57. The predicted molar refractivity (Wildman–Crippen MR) is 60.4 cm³/mol. The van der Waals surface area contributed by atoms with E-state index in [-0.39, 0.29) is 17.6 Å². The second-order valence-electron chi connectivity index (χ2n) is 3.80. The summed E-state index contributed by atoms with van der Waals surface area (Å²) in [7, 11) is 1.69. The summed E-state index contributed by atoms with van der Waals surface area (Å²) in [6, 6.07) is 0. The van der Waals surface area contributed by atoms with Crippen LogP contribution in [0.15, 0.2) is 4.60 Å². The predicted octanol–water partition coefficient (Wildman–Crippen LogP) is 0.991. The number of hydrogen-bond donors (Lipinski definition) is 1. The molecule has 1 unspecified atom stereocenters. The van der Waals surface area contributed by atoms with E-state index in [2.05, 4.69) is 26.2 Å². The van der Waals surface area contributed by atoms with E-state index in [1.165, 1.54) is 4.68 Å². The van der Waals surface area contributed by atoms with Crippen LogP contribution in [0.2, 0.25) is 0 Å². The molecule has 0 aliphatic heterocycles. The van der Waals surface area contributed by atoms with Crippen LogP contribution in [0, 0.1) is 11.8 Å². The Morgan fingerprint density at radius 1 is 1.60 bits per heavy atom. The molecule has 1 rings (SSSR count). The molecule has 0 spiro atoms. The maximum absolute atomic E-state index is 12.1. The van der Waals surface area contributed by atoms with Crippen LogP contribution in [0.3, 0.4) is 0 Å². The van der Waals surface area contributed by atoms with E-state index in [1.54, 1.807) is 7.05 Å². The first-order valence-electron chi connectivity index (χ1n) is 4.78. The van der Waals surface area contributed by atoms with Crippen LogP contribution in [0.4, 0.5) is 0 Å². The summed E-state index contributed by atoms with van der Waals surface area (Å²) in [5.74, 6) is 0.0228. The van der Waals surface area contributed by atoms with Crippen molar-refractivity contribution in [3.63, 3.8) is 0 Å². The SMILES string of the molecule is CC(C)C(CN)C(=O)c1c(Br)nnn1C. The number of carbonyl (C=O) groups is 1. The Labute approximate surface area is 97.2 Å². The van der Waals surface area contributed by atoms with Crippen LogP contribution in [0.5, 0.6) is 0 Å². The molecule has 0 bridgehead atoms. The largest absolute Gasteiger partial charge is 0.330 e. The van der Waals surface area contributed by atoms with Gasteiger partial charge in [-0.1, -0.05) is 19.1 Å². The minimum atomic E-state index is -0.182. The highest BCUT2D eigenvalue weighted by atomic mass is 79.9. The van der Waals surface area contributed by atoms with E-state index in [9.17, 15) is 4.79 Å². The minimum Gasteiger partial charge on any atom is -0.330 e. The number of hydrogen-bond acceptors (Lipinski definition) is 4. The summed E-state index contributed by atoms with van der Waals surface area (Å²) in [5, 5.41) is 7.55. The molecular weight excluding hydrogens is 260 g/mol. The zero-order valence-corrected chi connectivity index (χ0v) is 10.7. The van der Waals surface area contributed by atoms with Crippen molar-refractivity contribution in [3.8, 4) is 0 Å². The molecule has 0 aromatic carbocycles. The van der Waals surface area contributed by atoms with Crippen molar-refractivity contribution in [2.45, 2.75) is 13.8 Å². The summed E-state index contributed by atoms with van der Waals surface area (Å²) in [6.07, 6.45) is 0. The van der Waals surface area contributed by atoms with Crippen LogP contribution in [0.1, 0.15) is 24.3 Å². The zero-order valence-electron chi connectivity index (χ0n) is 9.07. The summed E-state index contributed by atoms with van der Waals surface area (Å²) in [6.45, 7) is 4.30. The third-order valence-corrected chi connectivity index (χ3v) is 2.95. The topological polar surface area (TPSA) is 73.8 Å². The molecule has 5 nitrogen and oxygen atoms in total. The van der Waals surface area contributed by atoms with Gasteiger partial charge in [-0.3, -0.25) is 4.79 Å². The Bertz CT molecular complexity index is 341. The molecule has 0 saturated heterocycles. The number of rotatable bonds is 4. The van der Waals surface area contributed by atoms with Crippen molar-refractivity contribution in [3.05, 3.63) is 10.3 Å². The van der Waals surface area contributed by atoms with Gasteiger partial charge in [0.05, 0.1) is 0 Å². The number of nitrogens with zero attached hydrogens (tertiary/aromatic N) is 3. The Morgan fingerprint density at radius 2 is 2.20 bits per heavy atom. The van der Waals surface area contributed by atoms with Crippen LogP contribution >= 0.6 is 15.9 Å². The fraction of sp³-hybridized carbons (Fsp3) is 0.667. The van der Waals surface area contributed by atoms with Gasteiger partial charge in [0.25, 0.3) is 0 Å². The number of Topliss-reactive ketones (excluding diaryl/α,β-unsaturated/α-hetero) is 1. The first-order chi connectivity index (χ1) is 6.99. The third-order valence-electron chi connectivity index (χ3n) is 2.41. The number of aryl methyl sites for hydroxylation is 1. The molecule has 1 aromatic rings. The Hall–Kier alpha value is -0.750. The zero-order chi connectivity index (χ0) is 11.6.